The SMILES string of the molecule is Fc1ccc(F)c(-n2nc(OC[C@@H]3CNCCO3)c3cc(F)ccc32)c1. The second-order valence-electron chi connectivity index (χ2n) is 5.98. The first-order chi connectivity index (χ1) is 12.6. The molecule has 1 aromatic heterocycles. The first-order valence-corrected chi connectivity index (χ1v) is 8.20. The quantitative estimate of drug-likeness (QED) is 0.775. The zero-order valence-corrected chi connectivity index (χ0v) is 13.7. The molecule has 0 bridgehead atoms. The molecule has 2 heterocycles. The number of ether oxygens (including phenoxy) is 2. The van der Waals surface area contributed by atoms with Crippen LogP contribution < -0.4 is 10.1 Å². The second-order valence-corrected chi connectivity index (χ2v) is 5.98. The molecule has 5 nitrogen and oxygen atoms in total. The molecule has 1 N–H and O–H groups in total. The van der Waals surface area contributed by atoms with Gasteiger partial charge in [0.2, 0.25) is 5.88 Å². The van der Waals surface area contributed by atoms with Crippen molar-refractivity contribution in [1.29, 1.82) is 0 Å². The smallest absolute Gasteiger partial charge is 0.241 e. The Kier molecular flexibility index (Phi) is 4.52. The van der Waals surface area contributed by atoms with Crippen LogP contribution in [-0.2, 0) is 4.74 Å². The Morgan fingerprint density at radius 3 is 2.77 bits per heavy atom. The maximum absolute atomic E-state index is 14.2. The van der Waals surface area contributed by atoms with Crippen LogP contribution in [0.3, 0.4) is 0 Å². The van der Waals surface area contributed by atoms with Gasteiger partial charge in [0, 0.05) is 19.2 Å². The van der Waals surface area contributed by atoms with Crippen molar-refractivity contribution >= 4 is 10.9 Å². The van der Waals surface area contributed by atoms with Crippen molar-refractivity contribution in [3.8, 4) is 11.6 Å². The molecule has 26 heavy (non-hydrogen) atoms. The van der Waals surface area contributed by atoms with Crippen LogP contribution in [0.2, 0.25) is 0 Å². The van der Waals surface area contributed by atoms with Crippen molar-refractivity contribution in [2.75, 3.05) is 26.3 Å². The van der Waals surface area contributed by atoms with Crippen molar-refractivity contribution in [2.45, 2.75) is 6.10 Å². The largest absolute Gasteiger partial charge is 0.473 e. The first kappa shape index (κ1) is 16.9. The van der Waals surface area contributed by atoms with Crippen molar-refractivity contribution in [1.82, 2.24) is 15.1 Å². The Bertz CT molecular complexity index is 939. The lowest BCUT2D eigenvalue weighted by Crippen LogP contribution is -2.41. The summed E-state index contributed by atoms with van der Waals surface area (Å²) in [5.41, 5.74) is 0.334. The van der Waals surface area contributed by atoms with Crippen LogP contribution in [0.5, 0.6) is 5.88 Å². The van der Waals surface area contributed by atoms with Crippen LogP contribution in [0.15, 0.2) is 36.4 Å². The number of aromatic nitrogens is 2. The summed E-state index contributed by atoms with van der Waals surface area (Å²) in [5, 5.41) is 7.79. The van der Waals surface area contributed by atoms with E-state index in [0.717, 1.165) is 24.7 Å². The molecule has 136 valence electrons. The zero-order valence-electron chi connectivity index (χ0n) is 13.7. The highest BCUT2D eigenvalue weighted by Gasteiger charge is 2.19. The number of hydrogen-bond donors (Lipinski definition) is 1. The molecule has 4 rings (SSSR count). The number of hydrogen-bond acceptors (Lipinski definition) is 4. The predicted molar refractivity (Wildman–Crippen MR) is 89.0 cm³/mol. The molecule has 0 saturated carbocycles. The molecule has 1 atom stereocenters. The van der Waals surface area contributed by atoms with Crippen LogP contribution in [0, 0.1) is 17.5 Å². The molecule has 1 aliphatic heterocycles. The molecular formula is C18H16F3N3O2. The highest BCUT2D eigenvalue weighted by atomic mass is 19.1. The number of fused-ring (bicyclic) bond motifs is 1. The van der Waals surface area contributed by atoms with Crippen LogP contribution in [-0.4, -0.2) is 42.2 Å². The van der Waals surface area contributed by atoms with E-state index in [2.05, 4.69) is 10.4 Å². The molecule has 0 spiro atoms. The summed E-state index contributed by atoms with van der Waals surface area (Å²) < 4.78 is 53.9. The zero-order chi connectivity index (χ0) is 18.1. The summed E-state index contributed by atoms with van der Waals surface area (Å²) in [6.45, 7) is 2.19. The van der Waals surface area contributed by atoms with Crippen molar-refractivity contribution < 1.29 is 22.6 Å². The lowest BCUT2D eigenvalue weighted by Gasteiger charge is -2.23. The van der Waals surface area contributed by atoms with E-state index in [1.54, 1.807) is 0 Å². The molecular weight excluding hydrogens is 347 g/mol. The van der Waals surface area contributed by atoms with E-state index in [9.17, 15) is 13.2 Å². The average Bonchev–Trinajstić information content (AvgIpc) is 3.00. The highest BCUT2D eigenvalue weighted by molar-refractivity contribution is 5.86. The fraction of sp³-hybridized carbons (Fsp3) is 0.278. The molecule has 3 aromatic rings. The third-order valence-corrected chi connectivity index (χ3v) is 4.15. The van der Waals surface area contributed by atoms with Gasteiger partial charge in [-0.3, -0.25) is 0 Å². The van der Waals surface area contributed by atoms with E-state index < -0.39 is 17.5 Å². The van der Waals surface area contributed by atoms with E-state index >= 15 is 0 Å². The van der Waals surface area contributed by atoms with Gasteiger partial charge in [0.1, 0.15) is 35.8 Å². The monoisotopic (exact) mass is 363 g/mol. The van der Waals surface area contributed by atoms with Gasteiger partial charge in [-0.1, -0.05) is 0 Å². The van der Waals surface area contributed by atoms with Crippen LogP contribution in [0.1, 0.15) is 0 Å². The number of morpholine rings is 1. The summed E-state index contributed by atoms with van der Waals surface area (Å²) >= 11 is 0. The topological polar surface area (TPSA) is 48.3 Å². The van der Waals surface area contributed by atoms with Gasteiger partial charge in [0.05, 0.1) is 17.5 Å². The second kappa shape index (κ2) is 6.97. The van der Waals surface area contributed by atoms with Gasteiger partial charge in [-0.2, -0.15) is 0 Å². The van der Waals surface area contributed by atoms with Crippen LogP contribution in [0.25, 0.3) is 16.6 Å². The Balaban J connectivity index is 1.73. The predicted octanol–water partition coefficient (Wildman–Crippen LogP) is 2.81. The third kappa shape index (κ3) is 3.25. The molecule has 0 aliphatic carbocycles. The normalized spacial score (nSPS) is 17.6. The van der Waals surface area contributed by atoms with E-state index in [1.165, 1.54) is 22.9 Å². The van der Waals surface area contributed by atoms with E-state index in [1.807, 2.05) is 0 Å². The third-order valence-electron chi connectivity index (χ3n) is 4.15. The molecule has 8 heteroatoms. The Labute approximate surface area is 147 Å². The maximum Gasteiger partial charge on any atom is 0.241 e. The van der Waals surface area contributed by atoms with Crippen LogP contribution in [0.4, 0.5) is 13.2 Å². The van der Waals surface area contributed by atoms with Crippen molar-refractivity contribution in [2.24, 2.45) is 0 Å². The average molecular weight is 363 g/mol. The molecule has 1 aliphatic rings. The summed E-state index contributed by atoms with van der Waals surface area (Å²) in [4.78, 5) is 0. The molecule has 0 unspecified atom stereocenters. The minimum absolute atomic E-state index is 0.0768. The number of nitrogens with one attached hydrogen (secondary N) is 1. The van der Waals surface area contributed by atoms with Gasteiger partial charge >= 0.3 is 0 Å². The van der Waals surface area contributed by atoms with Crippen molar-refractivity contribution in [3.63, 3.8) is 0 Å². The van der Waals surface area contributed by atoms with E-state index in [0.29, 0.717) is 24.1 Å². The Morgan fingerprint density at radius 2 is 1.96 bits per heavy atom. The number of benzene rings is 2. The molecule has 1 fully saturated rings. The van der Waals surface area contributed by atoms with Gasteiger partial charge in [-0.25, -0.2) is 17.9 Å². The lowest BCUT2D eigenvalue weighted by molar-refractivity contribution is -0.000509. The molecule has 0 radical (unpaired) electrons. The number of nitrogens with zero attached hydrogens (tertiary/aromatic N) is 2. The maximum atomic E-state index is 14.2. The number of rotatable bonds is 4. The van der Waals surface area contributed by atoms with Crippen molar-refractivity contribution in [3.05, 3.63) is 53.8 Å². The van der Waals surface area contributed by atoms with E-state index in [-0.39, 0.29) is 24.3 Å². The van der Waals surface area contributed by atoms with E-state index in [4.69, 9.17) is 9.47 Å². The summed E-state index contributed by atoms with van der Waals surface area (Å²) in [7, 11) is 0. The molecule has 0 amide bonds. The highest BCUT2D eigenvalue weighted by Crippen LogP contribution is 2.29. The number of halogens is 3. The van der Waals surface area contributed by atoms with Gasteiger partial charge in [-0.15, -0.1) is 5.10 Å². The summed E-state index contributed by atoms with van der Waals surface area (Å²) in [6.07, 6.45) is -0.164. The minimum Gasteiger partial charge on any atom is -0.473 e. The lowest BCUT2D eigenvalue weighted by atomic mass is 10.2. The van der Waals surface area contributed by atoms with Gasteiger partial charge in [0.25, 0.3) is 0 Å². The van der Waals surface area contributed by atoms with Gasteiger partial charge in [-0.05, 0) is 30.3 Å². The Morgan fingerprint density at radius 1 is 1.15 bits per heavy atom. The first-order valence-electron chi connectivity index (χ1n) is 8.20. The fourth-order valence-corrected chi connectivity index (χ4v) is 2.90. The standard InChI is InChI=1S/C18H16F3N3O2/c19-11-2-4-16-14(7-11)18(26-10-13-9-22-5-6-25-13)23-24(16)17-8-12(20)1-3-15(17)21/h1-4,7-8,13,22H,5-6,9-10H2/t13-/m0/s1. The Hall–Kier alpha value is -2.58. The molecule has 2 aromatic carbocycles. The summed E-state index contributed by atoms with van der Waals surface area (Å²) in [6, 6.07) is 7.01. The minimum atomic E-state index is -0.647. The summed E-state index contributed by atoms with van der Waals surface area (Å²) in [5.74, 6) is -1.59. The van der Waals surface area contributed by atoms with Gasteiger partial charge in [0.15, 0.2) is 0 Å². The molecule has 1 saturated heterocycles. The fourth-order valence-electron chi connectivity index (χ4n) is 2.90. The van der Waals surface area contributed by atoms with Crippen LogP contribution >= 0.6 is 0 Å². The van der Waals surface area contributed by atoms with Gasteiger partial charge < -0.3 is 14.8 Å².